The standard InChI is InChI=1S/C17H25F3N4O3/c1-11-10-23(14(25)27-15(2,3)4)6-7-24(11)13-21-8-12(9-22-13)16(5,26)17(18,19)20/h8-9,11,26H,6-7,10H2,1-5H3/t11-,16+/m0/s1. The Morgan fingerprint density at radius 2 is 1.74 bits per heavy atom. The van der Waals surface area contributed by atoms with Crippen LogP contribution in [0.2, 0.25) is 0 Å². The second kappa shape index (κ2) is 7.14. The summed E-state index contributed by atoms with van der Waals surface area (Å²) in [6.07, 6.45) is -3.29. The molecule has 1 N–H and O–H groups in total. The largest absolute Gasteiger partial charge is 0.444 e. The first-order chi connectivity index (χ1) is 12.2. The number of amides is 1. The van der Waals surface area contributed by atoms with Crippen molar-refractivity contribution in [1.82, 2.24) is 14.9 Å². The molecule has 10 heteroatoms. The molecule has 1 aliphatic heterocycles. The molecule has 7 nitrogen and oxygen atoms in total. The third-order valence-electron chi connectivity index (χ3n) is 4.29. The van der Waals surface area contributed by atoms with E-state index in [0.717, 1.165) is 12.4 Å². The van der Waals surface area contributed by atoms with Crippen LogP contribution < -0.4 is 4.90 Å². The van der Waals surface area contributed by atoms with Crippen LogP contribution in [0.3, 0.4) is 0 Å². The predicted octanol–water partition coefficient (Wildman–Crippen LogP) is 2.69. The molecule has 1 aromatic rings. The van der Waals surface area contributed by atoms with Gasteiger partial charge in [0.2, 0.25) is 5.95 Å². The number of aromatic nitrogens is 2. The molecule has 0 radical (unpaired) electrons. The van der Waals surface area contributed by atoms with E-state index in [1.165, 1.54) is 0 Å². The van der Waals surface area contributed by atoms with Crippen LogP contribution in [-0.2, 0) is 10.3 Å². The van der Waals surface area contributed by atoms with E-state index >= 15 is 0 Å². The van der Waals surface area contributed by atoms with E-state index in [-0.39, 0.29) is 12.0 Å². The van der Waals surface area contributed by atoms with Gasteiger partial charge in [0.15, 0.2) is 5.60 Å². The molecule has 2 heterocycles. The first-order valence-corrected chi connectivity index (χ1v) is 8.58. The quantitative estimate of drug-likeness (QED) is 0.837. The van der Waals surface area contributed by atoms with Crippen LogP contribution in [0.4, 0.5) is 23.9 Å². The number of nitrogens with zero attached hydrogens (tertiary/aromatic N) is 4. The minimum atomic E-state index is -4.83. The normalized spacial score (nSPS) is 21.0. The number of halogens is 3. The highest BCUT2D eigenvalue weighted by molar-refractivity contribution is 5.68. The van der Waals surface area contributed by atoms with E-state index in [1.807, 2.05) is 6.92 Å². The summed E-state index contributed by atoms with van der Waals surface area (Å²) in [5.41, 5.74) is -4.04. The average molecular weight is 390 g/mol. The smallest absolute Gasteiger partial charge is 0.421 e. The van der Waals surface area contributed by atoms with E-state index in [4.69, 9.17) is 4.74 Å². The number of aliphatic hydroxyl groups is 1. The minimum absolute atomic E-state index is 0.153. The number of piperazine rings is 1. The van der Waals surface area contributed by atoms with Crippen LogP contribution in [0.25, 0.3) is 0 Å². The maximum atomic E-state index is 12.9. The number of hydrogen-bond acceptors (Lipinski definition) is 6. The van der Waals surface area contributed by atoms with Crippen LogP contribution >= 0.6 is 0 Å². The van der Waals surface area contributed by atoms with Gasteiger partial charge >= 0.3 is 12.3 Å². The lowest BCUT2D eigenvalue weighted by Gasteiger charge is -2.40. The first kappa shape index (κ1) is 21.2. The topological polar surface area (TPSA) is 78.8 Å². The van der Waals surface area contributed by atoms with Crippen molar-refractivity contribution in [3.05, 3.63) is 18.0 Å². The molecule has 0 aromatic carbocycles. The predicted molar refractivity (Wildman–Crippen MR) is 92.3 cm³/mol. The van der Waals surface area contributed by atoms with Crippen LogP contribution in [0.5, 0.6) is 0 Å². The Morgan fingerprint density at radius 3 is 2.19 bits per heavy atom. The third kappa shape index (κ3) is 4.79. The molecule has 27 heavy (non-hydrogen) atoms. The minimum Gasteiger partial charge on any atom is -0.444 e. The molecule has 1 saturated heterocycles. The maximum Gasteiger partial charge on any atom is 0.421 e. The number of anilines is 1. The molecule has 0 unspecified atom stereocenters. The SMILES string of the molecule is C[C@H]1CN(C(=O)OC(C)(C)C)CCN1c1ncc([C@@](C)(O)C(F)(F)F)cn1. The molecule has 2 atom stereocenters. The van der Waals surface area contributed by atoms with E-state index in [9.17, 15) is 23.1 Å². The van der Waals surface area contributed by atoms with Gasteiger partial charge in [-0.1, -0.05) is 0 Å². The molecule has 1 fully saturated rings. The lowest BCUT2D eigenvalue weighted by atomic mass is 9.99. The highest BCUT2D eigenvalue weighted by Crippen LogP contribution is 2.38. The molecule has 1 aliphatic rings. The van der Waals surface area contributed by atoms with Crippen LogP contribution in [0.1, 0.15) is 40.2 Å². The summed E-state index contributed by atoms with van der Waals surface area (Å²) >= 11 is 0. The van der Waals surface area contributed by atoms with Gasteiger partial charge in [-0.25, -0.2) is 14.8 Å². The molecule has 0 saturated carbocycles. The molecular weight excluding hydrogens is 365 g/mol. The van der Waals surface area contributed by atoms with E-state index in [1.54, 1.807) is 30.6 Å². The summed E-state index contributed by atoms with van der Waals surface area (Å²) in [5, 5.41) is 9.69. The summed E-state index contributed by atoms with van der Waals surface area (Å²) in [5.74, 6) is 0.244. The van der Waals surface area contributed by atoms with Gasteiger partial charge in [-0.15, -0.1) is 0 Å². The Bertz CT molecular complexity index is 671. The third-order valence-corrected chi connectivity index (χ3v) is 4.29. The molecule has 152 valence electrons. The summed E-state index contributed by atoms with van der Waals surface area (Å²) in [6.45, 7) is 9.05. The second-order valence-electron chi connectivity index (χ2n) is 7.81. The van der Waals surface area contributed by atoms with Gasteiger partial charge in [0.1, 0.15) is 5.60 Å². The summed E-state index contributed by atoms with van der Waals surface area (Å²) in [7, 11) is 0. The number of alkyl halides is 3. The van der Waals surface area contributed by atoms with Crippen molar-refractivity contribution in [2.75, 3.05) is 24.5 Å². The fraction of sp³-hybridized carbons (Fsp3) is 0.706. The van der Waals surface area contributed by atoms with Gasteiger partial charge in [-0.05, 0) is 34.6 Å². The highest BCUT2D eigenvalue weighted by Gasteiger charge is 2.51. The lowest BCUT2D eigenvalue weighted by molar-refractivity contribution is -0.259. The number of rotatable bonds is 2. The number of hydrogen-bond donors (Lipinski definition) is 1. The van der Waals surface area contributed by atoms with Gasteiger partial charge in [0.25, 0.3) is 0 Å². The van der Waals surface area contributed by atoms with Crippen LogP contribution in [0, 0.1) is 0 Å². The number of carbonyl (C=O) groups excluding carboxylic acids is 1. The average Bonchev–Trinajstić information content (AvgIpc) is 2.52. The van der Waals surface area contributed by atoms with E-state index in [2.05, 4.69) is 9.97 Å². The fourth-order valence-corrected chi connectivity index (χ4v) is 2.63. The highest BCUT2D eigenvalue weighted by atomic mass is 19.4. The molecule has 1 amide bonds. The van der Waals surface area contributed by atoms with Crippen molar-refractivity contribution in [3.63, 3.8) is 0 Å². The zero-order chi connectivity index (χ0) is 20.6. The van der Waals surface area contributed by atoms with Gasteiger partial charge in [-0.2, -0.15) is 13.2 Å². The maximum absolute atomic E-state index is 12.9. The van der Waals surface area contributed by atoms with Gasteiger partial charge < -0.3 is 19.6 Å². The van der Waals surface area contributed by atoms with Crippen molar-refractivity contribution in [2.45, 2.75) is 58.0 Å². The van der Waals surface area contributed by atoms with Gasteiger partial charge in [0.05, 0.1) is 0 Å². The fourth-order valence-electron chi connectivity index (χ4n) is 2.63. The zero-order valence-electron chi connectivity index (χ0n) is 16.0. The van der Waals surface area contributed by atoms with Crippen molar-refractivity contribution < 1.29 is 27.8 Å². The molecule has 0 spiro atoms. The van der Waals surface area contributed by atoms with Crippen molar-refractivity contribution in [3.8, 4) is 0 Å². The zero-order valence-corrected chi connectivity index (χ0v) is 16.0. The molecular formula is C17H25F3N4O3. The summed E-state index contributed by atoms with van der Waals surface area (Å²) < 4.78 is 44.1. The van der Waals surface area contributed by atoms with E-state index in [0.29, 0.717) is 26.6 Å². The summed E-state index contributed by atoms with van der Waals surface area (Å²) in [4.78, 5) is 23.5. The van der Waals surface area contributed by atoms with Gasteiger partial charge in [0, 0.05) is 43.6 Å². The lowest BCUT2D eigenvalue weighted by Crippen LogP contribution is -2.55. The Kier molecular flexibility index (Phi) is 5.61. The van der Waals surface area contributed by atoms with Crippen molar-refractivity contribution in [2.24, 2.45) is 0 Å². The molecule has 2 rings (SSSR count). The molecule has 1 aromatic heterocycles. The first-order valence-electron chi connectivity index (χ1n) is 8.58. The molecule has 0 aliphatic carbocycles. The van der Waals surface area contributed by atoms with Crippen molar-refractivity contribution in [1.29, 1.82) is 0 Å². The molecule has 0 bridgehead atoms. The second-order valence-corrected chi connectivity index (χ2v) is 7.81. The van der Waals surface area contributed by atoms with E-state index < -0.39 is 29.0 Å². The Morgan fingerprint density at radius 1 is 1.19 bits per heavy atom. The summed E-state index contributed by atoms with van der Waals surface area (Å²) in [6, 6.07) is -0.153. The number of carbonyl (C=O) groups is 1. The Labute approximate surface area is 156 Å². The monoisotopic (exact) mass is 390 g/mol. The van der Waals surface area contributed by atoms with Crippen LogP contribution in [0.15, 0.2) is 12.4 Å². The van der Waals surface area contributed by atoms with Crippen molar-refractivity contribution >= 4 is 12.0 Å². The Hall–Kier alpha value is -2.10. The van der Waals surface area contributed by atoms with Gasteiger partial charge in [-0.3, -0.25) is 0 Å². The van der Waals surface area contributed by atoms with Crippen LogP contribution in [-0.4, -0.2) is 63.5 Å². The number of ether oxygens (including phenoxy) is 1. The Balaban J connectivity index is 2.07.